The van der Waals surface area contributed by atoms with Crippen LogP contribution in [-0.4, -0.2) is 37.8 Å². The molecule has 0 aromatic carbocycles. The van der Waals surface area contributed by atoms with Crippen LogP contribution in [0.1, 0.15) is 35.0 Å². The third-order valence-electron chi connectivity index (χ3n) is 3.39. The predicted molar refractivity (Wildman–Crippen MR) is 70.3 cm³/mol. The molecule has 1 atom stereocenters. The van der Waals surface area contributed by atoms with Crippen molar-refractivity contribution in [2.75, 3.05) is 13.1 Å². The van der Waals surface area contributed by atoms with E-state index in [4.69, 9.17) is 4.42 Å². The third kappa shape index (κ3) is 3.01. The molecule has 1 aromatic heterocycles. The molecule has 0 aliphatic carbocycles. The molecule has 6 nitrogen and oxygen atoms in total. The van der Waals surface area contributed by atoms with Crippen molar-refractivity contribution < 1.29 is 21.5 Å². The van der Waals surface area contributed by atoms with Gasteiger partial charge in [-0.1, -0.05) is 10.8 Å². The Labute approximate surface area is 117 Å². The minimum Gasteiger partial charge on any atom is -0.468 e. The van der Waals surface area contributed by atoms with Gasteiger partial charge >= 0.3 is 10.4 Å². The molecular formula is C12H17FN2O4S. The number of halogens is 1. The topological polar surface area (TPSA) is 79.6 Å². The number of furan rings is 1. The number of rotatable bonds is 4. The first-order valence-corrected chi connectivity index (χ1v) is 7.74. The first-order chi connectivity index (χ1) is 9.32. The molecule has 1 aromatic rings. The number of nitrogens with zero attached hydrogens (tertiary/aromatic N) is 1. The van der Waals surface area contributed by atoms with Gasteiger partial charge in [0, 0.05) is 31.1 Å². The molecule has 1 unspecified atom stereocenters. The lowest BCUT2D eigenvalue weighted by atomic mass is 10.1. The standard InChI is InChI=1S/C12H17FN2O4S/c1-3-10-11(8(2)7-19-10)12(16)14-9-4-5-15(6-9)20(13,17)18/h7,9H,3-6H2,1-2H3,(H,14,16). The molecule has 20 heavy (non-hydrogen) atoms. The van der Waals surface area contributed by atoms with Crippen LogP contribution < -0.4 is 5.32 Å². The maximum Gasteiger partial charge on any atom is 0.374 e. The van der Waals surface area contributed by atoms with Gasteiger partial charge < -0.3 is 9.73 Å². The van der Waals surface area contributed by atoms with E-state index >= 15 is 0 Å². The highest BCUT2D eigenvalue weighted by molar-refractivity contribution is 7.83. The second-order valence-electron chi connectivity index (χ2n) is 4.83. The summed E-state index contributed by atoms with van der Waals surface area (Å²) >= 11 is 0. The fourth-order valence-electron chi connectivity index (χ4n) is 2.36. The summed E-state index contributed by atoms with van der Waals surface area (Å²) in [5, 5.41) is 2.73. The molecule has 0 bridgehead atoms. The number of hydrogen-bond donors (Lipinski definition) is 1. The Balaban J connectivity index is 2.05. The normalized spacial score (nSPS) is 20.2. The Morgan fingerprint density at radius 2 is 2.30 bits per heavy atom. The molecule has 1 aliphatic rings. The number of carbonyl (C=O) groups is 1. The van der Waals surface area contributed by atoms with Crippen molar-refractivity contribution in [2.45, 2.75) is 32.7 Å². The lowest BCUT2D eigenvalue weighted by molar-refractivity contribution is 0.0936. The van der Waals surface area contributed by atoms with Gasteiger partial charge in [0.25, 0.3) is 5.91 Å². The second kappa shape index (κ2) is 5.53. The molecule has 0 spiro atoms. The summed E-state index contributed by atoms with van der Waals surface area (Å²) in [6, 6.07) is -0.382. The largest absolute Gasteiger partial charge is 0.468 e. The van der Waals surface area contributed by atoms with Gasteiger partial charge in [0.1, 0.15) is 5.76 Å². The number of hydrogen-bond acceptors (Lipinski definition) is 4. The molecule has 0 radical (unpaired) electrons. The Morgan fingerprint density at radius 3 is 2.85 bits per heavy atom. The van der Waals surface area contributed by atoms with Gasteiger partial charge in [0.2, 0.25) is 0 Å². The summed E-state index contributed by atoms with van der Waals surface area (Å²) in [6.45, 7) is 3.68. The first kappa shape index (κ1) is 15.0. The number of nitrogens with one attached hydrogen (secondary N) is 1. The molecule has 1 aliphatic heterocycles. The maximum absolute atomic E-state index is 12.8. The van der Waals surface area contributed by atoms with Crippen molar-refractivity contribution in [2.24, 2.45) is 0 Å². The highest BCUT2D eigenvalue weighted by Gasteiger charge is 2.32. The maximum atomic E-state index is 12.8. The number of aryl methyl sites for hydroxylation is 2. The fourth-order valence-corrected chi connectivity index (χ4v) is 3.05. The lowest BCUT2D eigenvalue weighted by Crippen LogP contribution is -2.38. The summed E-state index contributed by atoms with van der Waals surface area (Å²) in [6.07, 6.45) is 2.50. The summed E-state index contributed by atoms with van der Waals surface area (Å²) < 4.78 is 40.4. The number of carbonyl (C=O) groups excluding carboxylic acids is 1. The monoisotopic (exact) mass is 304 g/mol. The average molecular weight is 304 g/mol. The Kier molecular flexibility index (Phi) is 4.14. The Morgan fingerprint density at radius 1 is 1.60 bits per heavy atom. The quantitative estimate of drug-likeness (QED) is 0.847. The van der Waals surface area contributed by atoms with E-state index in [1.165, 1.54) is 6.26 Å². The smallest absolute Gasteiger partial charge is 0.374 e. The van der Waals surface area contributed by atoms with E-state index < -0.39 is 10.4 Å². The molecule has 1 fully saturated rings. The molecule has 112 valence electrons. The van der Waals surface area contributed by atoms with Crippen LogP contribution in [0.2, 0.25) is 0 Å². The zero-order valence-electron chi connectivity index (χ0n) is 11.3. The second-order valence-corrected chi connectivity index (χ2v) is 6.17. The molecule has 0 saturated carbocycles. The van der Waals surface area contributed by atoms with E-state index in [0.717, 1.165) is 9.87 Å². The van der Waals surface area contributed by atoms with Gasteiger partial charge in [-0.2, -0.15) is 12.7 Å². The van der Waals surface area contributed by atoms with Gasteiger partial charge in [0.05, 0.1) is 11.8 Å². The van der Waals surface area contributed by atoms with Crippen LogP contribution >= 0.6 is 0 Å². The Hall–Kier alpha value is -1.41. The van der Waals surface area contributed by atoms with Crippen molar-refractivity contribution in [3.8, 4) is 0 Å². The lowest BCUT2D eigenvalue weighted by Gasteiger charge is -2.13. The van der Waals surface area contributed by atoms with Crippen LogP contribution in [0.3, 0.4) is 0 Å². The van der Waals surface area contributed by atoms with Gasteiger partial charge in [-0.25, -0.2) is 0 Å². The summed E-state index contributed by atoms with van der Waals surface area (Å²) in [5.74, 6) is 0.282. The van der Waals surface area contributed by atoms with Gasteiger partial charge in [-0.15, -0.1) is 0 Å². The van der Waals surface area contributed by atoms with Crippen LogP contribution in [0, 0.1) is 6.92 Å². The highest BCUT2D eigenvalue weighted by Crippen LogP contribution is 2.19. The summed E-state index contributed by atoms with van der Waals surface area (Å²) in [7, 11) is -4.68. The van der Waals surface area contributed by atoms with Crippen molar-refractivity contribution in [3.63, 3.8) is 0 Å². The predicted octanol–water partition coefficient (Wildman–Crippen LogP) is 1.17. The minimum atomic E-state index is -4.68. The first-order valence-electron chi connectivity index (χ1n) is 6.40. The van der Waals surface area contributed by atoms with Crippen molar-refractivity contribution in [1.29, 1.82) is 0 Å². The van der Waals surface area contributed by atoms with E-state index in [1.54, 1.807) is 6.92 Å². The van der Waals surface area contributed by atoms with E-state index in [2.05, 4.69) is 5.32 Å². The van der Waals surface area contributed by atoms with Crippen LogP contribution in [0.5, 0.6) is 0 Å². The van der Waals surface area contributed by atoms with Crippen LogP contribution in [0.4, 0.5) is 3.89 Å². The average Bonchev–Trinajstić information content (AvgIpc) is 2.94. The molecule has 1 N–H and O–H groups in total. The van der Waals surface area contributed by atoms with Gasteiger partial charge in [0.15, 0.2) is 0 Å². The molecule has 8 heteroatoms. The van der Waals surface area contributed by atoms with E-state index in [9.17, 15) is 17.1 Å². The van der Waals surface area contributed by atoms with E-state index in [1.807, 2.05) is 6.92 Å². The third-order valence-corrected chi connectivity index (χ3v) is 4.34. The molecule has 1 amide bonds. The molecule has 2 rings (SSSR count). The van der Waals surface area contributed by atoms with Crippen molar-refractivity contribution >= 4 is 16.3 Å². The Bertz CT molecular complexity index is 611. The molecular weight excluding hydrogens is 287 g/mol. The number of amides is 1. The van der Waals surface area contributed by atoms with Crippen molar-refractivity contribution in [3.05, 3.63) is 23.2 Å². The summed E-state index contributed by atoms with van der Waals surface area (Å²) in [4.78, 5) is 12.2. The highest BCUT2D eigenvalue weighted by atomic mass is 32.3. The summed E-state index contributed by atoms with van der Waals surface area (Å²) in [5.41, 5.74) is 1.21. The van der Waals surface area contributed by atoms with E-state index in [-0.39, 0.29) is 25.0 Å². The van der Waals surface area contributed by atoms with Gasteiger partial charge in [-0.05, 0) is 13.3 Å². The molecule has 1 saturated heterocycles. The fraction of sp³-hybridized carbons (Fsp3) is 0.583. The van der Waals surface area contributed by atoms with Crippen LogP contribution in [0.15, 0.2) is 10.7 Å². The van der Waals surface area contributed by atoms with Gasteiger partial charge in [-0.3, -0.25) is 4.79 Å². The van der Waals surface area contributed by atoms with Crippen molar-refractivity contribution in [1.82, 2.24) is 9.62 Å². The van der Waals surface area contributed by atoms with E-state index in [0.29, 0.717) is 24.2 Å². The minimum absolute atomic E-state index is 0.0388. The van der Waals surface area contributed by atoms with Crippen LogP contribution in [-0.2, 0) is 16.8 Å². The SMILES string of the molecule is CCc1occ(C)c1C(=O)NC1CCN(S(=O)(=O)F)C1. The van der Waals surface area contributed by atoms with Crippen LogP contribution in [0.25, 0.3) is 0 Å². The zero-order chi connectivity index (χ0) is 14.9. The molecule has 2 heterocycles. The zero-order valence-corrected chi connectivity index (χ0v) is 12.2.